The van der Waals surface area contributed by atoms with Crippen LogP contribution in [0.5, 0.6) is 0 Å². The van der Waals surface area contributed by atoms with Crippen molar-refractivity contribution in [1.82, 2.24) is 10.2 Å². The molecule has 8 nitrogen and oxygen atoms in total. The van der Waals surface area contributed by atoms with Gasteiger partial charge in [0, 0.05) is 34.9 Å². The molecule has 0 bridgehead atoms. The van der Waals surface area contributed by atoms with Crippen LogP contribution < -0.4 is 15.5 Å². The monoisotopic (exact) mass is 440 g/mol. The molecule has 31 heavy (non-hydrogen) atoms. The fourth-order valence-electron chi connectivity index (χ4n) is 3.88. The van der Waals surface area contributed by atoms with Crippen molar-refractivity contribution in [3.8, 4) is 0 Å². The lowest BCUT2D eigenvalue weighted by Gasteiger charge is -2.23. The summed E-state index contributed by atoms with van der Waals surface area (Å²) in [6, 6.07) is 12.9. The van der Waals surface area contributed by atoms with Gasteiger partial charge in [-0.3, -0.25) is 19.3 Å². The molecular formula is C22H21ClN4O4. The number of amides is 5. The molecule has 160 valence electrons. The molecule has 2 saturated heterocycles. The summed E-state index contributed by atoms with van der Waals surface area (Å²) in [5.74, 6) is -0.988. The van der Waals surface area contributed by atoms with Gasteiger partial charge in [0.05, 0.1) is 0 Å². The van der Waals surface area contributed by atoms with Gasteiger partial charge in [0.25, 0.3) is 5.91 Å². The summed E-state index contributed by atoms with van der Waals surface area (Å²) < 4.78 is 0. The third kappa shape index (κ3) is 3.86. The first-order chi connectivity index (χ1) is 14.8. The van der Waals surface area contributed by atoms with Crippen LogP contribution in [0, 0.1) is 0 Å². The summed E-state index contributed by atoms with van der Waals surface area (Å²) in [5.41, 5.74) is 0.385. The molecular weight excluding hydrogens is 420 g/mol. The summed E-state index contributed by atoms with van der Waals surface area (Å²) in [5, 5.41) is 5.66. The quantitative estimate of drug-likeness (QED) is 0.698. The zero-order valence-electron chi connectivity index (χ0n) is 16.9. The molecule has 2 heterocycles. The Hall–Kier alpha value is -3.39. The summed E-state index contributed by atoms with van der Waals surface area (Å²) in [6.45, 7) is 1.81. The number of hydrogen-bond donors (Lipinski definition) is 2. The zero-order chi connectivity index (χ0) is 22.2. The van der Waals surface area contributed by atoms with Crippen LogP contribution in [0.3, 0.4) is 0 Å². The van der Waals surface area contributed by atoms with E-state index in [1.165, 1.54) is 0 Å². The lowest BCUT2D eigenvalue weighted by atomic mass is 9.92. The Balaban J connectivity index is 1.43. The molecule has 0 aromatic heterocycles. The predicted octanol–water partition coefficient (Wildman–Crippen LogP) is 2.87. The van der Waals surface area contributed by atoms with Gasteiger partial charge in [-0.2, -0.15) is 0 Å². The van der Waals surface area contributed by atoms with E-state index in [4.69, 9.17) is 11.6 Å². The Labute approximate surface area is 184 Å². The SMILES string of the molecule is CC1(c2ccccc2Cl)NC(=O)N(CC(=O)Nc2ccc(N3CCCC3=O)cc2)C1=O. The number of nitrogens with one attached hydrogen (secondary N) is 2. The molecule has 2 N–H and O–H groups in total. The lowest BCUT2D eigenvalue weighted by Crippen LogP contribution is -2.42. The van der Waals surface area contributed by atoms with Gasteiger partial charge >= 0.3 is 6.03 Å². The Bertz CT molecular complexity index is 1070. The Morgan fingerprint density at radius 3 is 2.48 bits per heavy atom. The van der Waals surface area contributed by atoms with E-state index in [0.717, 1.165) is 17.0 Å². The van der Waals surface area contributed by atoms with Gasteiger partial charge in [-0.1, -0.05) is 29.8 Å². The fourth-order valence-corrected chi connectivity index (χ4v) is 4.20. The van der Waals surface area contributed by atoms with Crippen LogP contribution in [0.1, 0.15) is 25.3 Å². The molecule has 1 unspecified atom stereocenters. The first kappa shape index (κ1) is 20.9. The lowest BCUT2D eigenvalue weighted by molar-refractivity contribution is -0.133. The molecule has 2 fully saturated rings. The van der Waals surface area contributed by atoms with E-state index in [-0.39, 0.29) is 5.91 Å². The minimum atomic E-state index is -1.35. The number of anilines is 2. The van der Waals surface area contributed by atoms with Crippen LogP contribution in [0.25, 0.3) is 0 Å². The van der Waals surface area contributed by atoms with Crippen LogP contribution in [0.2, 0.25) is 5.02 Å². The Morgan fingerprint density at radius 2 is 1.84 bits per heavy atom. The molecule has 1 atom stereocenters. The smallest absolute Gasteiger partial charge is 0.325 e. The van der Waals surface area contributed by atoms with E-state index in [1.807, 2.05) is 0 Å². The number of rotatable bonds is 5. The number of imide groups is 1. The van der Waals surface area contributed by atoms with Gasteiger partial charge < -0.3 is 15.5 Å². The molecule has 2 aromatic rings. The van der Waals surface area contributed by atoms with E-state index >= 15 is 0 Å². The molecule has 2 aromatic carbocycles. The maximum Gasteiger partial charge on any atom is 0.325 e. The predicted molar refractivity (Wildman–Crippen MR) is 116 cm³/mol. The zero-order valence-corrected chi connectivity index (χ0v) is 17.6. The van der Waals surface area contributed by atoms with E-state index in [0.29, 0.717) is 29.2 Å². The molecule has 9 heteroatoms. The van der Waals surface area contributed by atoms with Crippen LogP contribution in [0.15, 0.2) is 48.5 Å². The Kier molecular flexibility index (Phi) is 5.41. The van der Waals surface area contributed by atoms with E-state index in [2.05, 4.69) is 10.6 Å². The standard InChI is InChI=1S/C22H21ClN4O4/c1-22(16-5-2-3-6-17(16)23)20(30)27(21(31)25-22)13-18(28)24-14-8-10-15(11-9-14)26-12-4-7-19(26)29/h2-3,5-6,8-11H,4,7,12-13H2,1H3,(H,24,28)(H,25,31). The second kappa shape index (κ2) is 8.03. The maximum absolute atomic E-state index is 13.0. The number of urea groups is 1. The number of nitrogens with zero attached hydrogens (tertiary/aromatic N) is 2. The largest absolute Gasteiger partial charge is 0.325 e. The minimum absolute atomic E-state index is 0.0805. The molecule has 0 saturated carbocycles. The summed E-state index contributed by atoms with van der Waals surface area (Å²) in [4.78, 5) is 52.3. The highest BCUT2D eigenvalue weighted by Gasteiger charge is 2.50. The van der Waals surface area contributed by atoms with Crippen molar-refractivity contribution >= 4 is 46.7 Å². The molecule has 2 aliphatic rings. The van der Waals surface area contributed by atoms with Crippen molar-refractivity contribution in [2.45, 2.75) is 25.3 Å². The van der Waals surface area contributed by atoms with Gasteiger partial charge in [-0.25, -0.2) is 4.79 Å². The van der Waals surface area contributed by atoms with Crippen molar-refractivity contribution in [3.63, 3.8) is 0 Å². The molecule has 0 aliphatic carbocycles. The first-order valence-electron chi connectivity index (χ1n) is 9.89. The van der Waals surface area contributed by atoms with E-state index in [1.54, 1.807) is 60.4 Å². The van der Waals surface area contributed by atoms with Gasteiger partial charge in [-0.05, 0) is 43.7 Å². The second-order valence-electron chi connectivity index (χ2n) is 7.67. The fraction of sp³-hybridized carbons (Fsp3) is 0.273. The minimum Gasteiger partial charge on any atom is -0.325 e. The highest BCUT2D eigenvalue weighted by atomic mass is 35.5. The molecule has 5 amide bonds. The van der Waals surface area contributed by atoms with E-state index < -0.39 is 29.9 Å². The van der Waals surface area contributed by atoms with Crippen LogP contribution in [-0.2, 0) is 19.9 Å². The number of hydrogen-bond acceptors (Lipinski definition) is 4. The van der Waals surface area contributed by atoms with Crippen molar-refractivity contribution < 1.29 is 19.2 Å². The molecule has 2 aliphatic heterocycles. The Morgan fingerprint density at radius 1 is 1.13 bits per heavy atom. The topological polar surface area (TPSA) is 98.8 Å². The average molecular weight is 441 g/mol. The molecule has 4 rings (SSSR count). The first-order valence-corrected chi connectivity index (χ1v) is 10.3. The molecule has 0 spiro atoms. The highest BCUT2D eigenvalue weighted by molar-refractivity contribution is 6.32. The highest BCUT2D eigenvalue weighted by Crippen LogP contribution is 2.33. The number of carbonyl (C=O) groups is 4. The van der Waals surface area contributed by atoms with Gasteiger partial charge in [-0.15, -0.1) is 0 Å². The van der Waals surface area contributed by atoms with E-state index in [9.17, 15) is 19.2 Å². The number of halogens is 1. The maximum atomic E-state index is 13.0. The van der Waals surface area contributed by atoms with Crippen molar-refractivity contribution in [3.05, 3.63) is 59.1 Å². The third-order valence-corrected chi connectivity index (χ3v) is 5.85. The average Bonchev–Trinajstić information content (AvgIpc) is 3.26. The third-order valence-electron chi connectivity index (χ3n) is 5.53. The van der Waals surface area contributed by atoms with Crippen LogP contribution >= 0.6 is 11.6 Å². The van der Waals surface area contributed by atoms with Gasteiger partial charge in [0.1, 0.15) is 12.1 Å². The summed E-state index contributed by atoms with van der Waals surface area (Å²) in [7, 11) is 0. The van der Waals surface area contributed by atoms with Gasteiger partial charge in [0.2, 0.25) is 11.8 Å². The van der Waals surface area contributed by atoms with Crippen molar-refractivity contribution in [2.24, 2.45) is 0 Å². The van der Waals surface area contributed by atoms with Crippen LogP contribution in [0.4, 0.5) is 16.2 Å². The van der Waals surface area contributed by atoms with Gasteiger partial charge in [0.15, 0.2) is 0 Å². The second-order valence-corrected chi connectivity index (χ2v) is 8.08. The summed E-state index contributed by atoms with van der Waals surface area (Å²) in [6.07, 6.45) is 1.37. The number of benzene rings is 2. The van der Waals surface area contributed by atoms with Crippen LogP contribution in [-0.4, -0.2) is 41.7 Å². The van der Waals surface area contributed by atoms with Crippen molar-refractivity contribution in [2.75, 3.05) is 23.3 Å². The summed E-state index contributed by atoms with van der Waals surface area (Å²) >= 11 is 6.21. The normalized spacial score (nSPS) is 20.9. The molecule has 0 radical (unpaired) electrons. The van der Waals surface area contributed by atoms with Crippen molar-refractivity contribution in [1.29, 1.82) is 0 Å². The number of carbonyl (C=O) groups excluding carboxylic acids is 4.